The Morgan fingerprint density at radius 2 is 1.58 bits per heavy atom. The SMILES string of the molecule is O=S(=O)(/C=C/c1ccccc1)N(CCc1ccccc1)Cc1ccco1. The van der Waals surface area contributed by atoms with Crippen molar-refractivity contribution < 1.29 is 12.8 Å². The van der Waals surface area contributed by atoms with Gasteiger partial charge in [-0.3, -0.25) is 0 Å². The maximum absolute atomic E-state index is 12.8. The first-order chi connectivity index (χ1) is 12.6. The molecule has 0 radical (unpaired) electrons. The average molecular weight is 367 g/mol. The molecule has 0 N–H and O–H groups in total. The van der Waals surface area contributed by atoms with Crippen molar-refractivity contribution in [1.82, 2.24) is 4.31 Å². The van der Waals surface area contributed by atoms with Crippen molar-refractivity contribution in [2.45, 2.75) is 13.0 Å². The van der Waals surface area contributed by atoms with E-state index in [0.29, 0.717) is 18.7 Å². The second kappa shape index (κ2) is 8.65. The van der Waals surface area contributed by atoms with E-state index in [4.69, 9.17) is 4.42 Å². The molecule has 3 rings (SSSR count). The van der Waals surface area contributed by atoms with Gasteiger partial charge in [-0.1, -0.05) is 60.7 Å². The van der Waals surface area contributed by atoms with Crippen LogP contribution in [-0.2, 0) is 23.0 Å². The number of hydrogen-bond acceptors (Lipinski definition) is 3. The topological polar surface area (TPSA) is 50.5 Å². The zero-order chi connectivity index (χ0) is 18.2. The maximum atomic E-state index is 12.8. The monoisotopic (exact) mass is 367 g/mol. The first kappa shape index (κ1) is 18.2. The summed E-state index contributed by atoms with van der Waals surface area (Å²) < 4.78 is 32.5. The van der Waals surface area contributed by atoms with Gasteiger partial charge in [-0.2, -0.15) is 4.31 Å². The maximum Gasteiger partial charge on any atom is 0.236 e. The van der Waals surface area contributed by atoms with Crippen molar-refractivity contribution in [3.8, 4) is 0 Å². The van der Waals surface area contributed by atoms with Gasteiger partial charge in [0.1, 0.15) is 5.76 Å². The summed E-state index contributed by atoms with van der Waals surface area (Å²) in [6.07, 6.45) is 3.81. The number of sulfonamides is 1. The van der Waals surface area contributed by atoms with Gasteiger partial charge in [0.05, 0.1) is 12.8 Å². The van der Waals surface area contributed by atoms with Crippen LogP contribution in [0.25, 0.3) is 6.08 Å². The Balaban J connectivity index is 1.77. The Bertz CT molecular complexity index is 918. The molecular formula is C21H21NO3S. The Hall–Kier alpha value is -2.63. The summed E-state index contributed by atoms with van der Waals surface area (Å²) in [4.78, 5) is 0. The Kier molecular flexibility index (Phi) is 6.04. The Morgan fingerprint density at radius 1 is 0.885 bits per heavy atom. The molecule has 0 spiro atoms. The molecule has 1 aromatic heterocycles. The van der Waals surface area contributed by atoms with E-state index in [1.807, 2.05) is 60.7 Å². The van der Waals surface area contributed by atoms with Gasteiger partial charge in [-0.15, -0.1) is 0 Å². The number of hydrogen-bond donors (Lipinski definition) is 0. The first-order valence-corrected chi connectivity index (χ1v) is 9.93. The minimum atomic E-state index is -3.57. The summed E-state index contributed by atoms with van der Waals surface area (Å²) in [5, 5.41) is 1.26. The molecule has 3 aromatic rings. The van der Waals surface area contributed by atoms with Crippen LogP contribution in [0, 0.1) is 0 Å². The van der Waals surface area contributed by atoms with E-state index in [2.05, 4.69) is 0 Å². The minimum Gasteiger partial charge on any atom is -0.468 e. The molecule has 0 saturated heterocycles. The fourth-order valence-corrected chi connectivity index (χ4v) is 3.74. The lowest BCUT2D eigenvalue weighted by Gasteiger charge is -2.19. The number of benzene rings is 2. The summed E-state index contributed by atoms with van der Waals surface area (Å²) in [5.74, 6) is 0.620. The zero-order valence-electron chi connectivity index (χ0n) is 14.4. The zero-order valence-corrected chi connectivity index (χ0v) is 15.2. The molecule has 0 atom stereocenters. The average Bonchev–Trinajstić information content (AvgIpc) is 3.18. The fourth-order valence-electron chi connectivity index (χ4n) is 2.59. The van der Waals surface area contributed by atoms with Crippen molar-refractivity contribution in [2.24, 2.45) is 0 Å². The lowest BCUT2D eigenvalue weighted by atomic mass is 10.1. The highest BCUT2D eigenvalue weighted by Crippen LogP contribution is 2.14. The number of nitrogens with zero attached hydrogens (tertiary/aromatic N) is 1. The molecule has 0 aliphatic heterocycles. The Labute approximate surface area is 154 Å². The first-order valence-electron chi connectivity index (χ1n) is 8.43. The second-order valence-electron chi connectivity index (χ2n) is 5.91. The highest BCUT2D eigenvalue weighted by Gasteiger charge is 2.20. The van der Waals surface area contributed by atoms with Crippen LogP contribution in [-0.4, -0.2) is 19.3 Å². The van der Waals surface area contributed by atoms with Gasteiger partial charge in [0.25, 0.3) is 0 Å². The van der Waals surface area contributed by atoms with E-state index < -0.39 is 10.0 Å². The highest BCUT2D eigenvalue weighted by atomic mass is 32.2. The fraction of sp³-hybridized carbons (Fsp3) is 0.143. The molecule has 0 bridgehead atoms. The van der Waals surface area contributed by atoms with Gasteiger partial charge in [0, 0.05) is 12.0 Å². The molecule has 2 aromatic carbocycles. The molecule has 0 saturated carbocycles. The second-order valence-corrected chi connectivity index (χ2v) is 7.73. The quantitative estimate of drug-likeness (QED) is 0.596. The third kappa shape index (κ3) is 5.18. The summed E-state index contributed by atoms with van der Waals surface area (Å²) in [7, 11) is -3.57. The van der Waals surface area contributed by atoms with E-state index in [0.717, 1.165) is 11.1 Å². The van der Waals surface area contributed by atoms with E-state index >= 15 is 0 Å². The van der Waals surface area contributed by atoms with Gasteiger partial charge in [0.2, 0.25) is 10.0 Å². The number of furan rings is 1. The largest absolute Gasteiger partial charge is 0.468 e. The van der Waals surface area contributed by atoms with Gasteiger partial charge >= 0.3 is 0 Å². The standard InChI is InChI=1S/C21H21NO3S/c23-26(24,17-14-20-10-5-2-6-11-20)22(18-21-12-7-16-25-21)15-13-19-8-3-1-4-9-19/h1-12,14,16-17H,13,15,18H2/b17-14+. The van der Waals surface area contributed by atoms with Gasteiger partial charge in [0.15, 0.2) is 0 Å². The van der Waals surface area contributed by atoms with Gasteiger partial charge in [-0.05, 0) is 35.8 Å². The van der Waals surface area contributed by atoms with Crippen molar-refractivity contribution >= 4 is 16.1 Å². The molecule has 0 aliphatic rings. The van der Waals surface area contributed by atoms with Crippen LogP contribution in [0.4, 0.5) is 0 Å². The molecule has 0 unspecified atom stereocenters. The molecule has 4 nitrogen and oxygen atoms in total. The summed E-state index contributed by atoms with van der Waals surface area (Å²) in [5.41, 5.74) is 1.94. The molecule has 134 valence electrons. The lowest BCUT2D eigenvalue weighted by molar-refractivity contribution is 0.370. The van der Waals surface area contributed by atoms with Crippen LogP contribution in [0.1, 0.15) is 16.9 Å². The van der Waals surface area contributed by atoms with Crippen LogP contribution in [0.15, 0.2) is 88.9 Å². The lowest BCUT2D eigenvalue weighted by Crippen LogP contribution is -2.30. The molecule has 1 heterocycles. The molecule has 0 aliphatic carbocycles. The van der Waals surface area contributed by atoms with E-state index in [1.165, 1.54) is 9.71 Å². The van der Waals surface area contributed by atoms with E-state index in [9.17, 15) is 8.42 Å². The molecule has 0 fully saturated rings. The molecule has 5 heteroatoms. The van der Waals surface area contributed by atoms with Crippen LogP contribution >= 0.6 is 0 Å². The molecule has 26 heavy (non-hydrogen) atoms. The van der Waals surface area contributed by atoms with E-state index in [-0.39, 0.29) is 6.54 Å². The third-order valence-corrected chi connectivity index (χ3v) is 5.51. The highest BCUT2D eigenvalue weighted by molar-refractivity contribution is 7.92. The van der Waals surface area contributed by atoms with Crippen molar-refractivity contribution in [2.75, 3.05) is 6.54 Å². The molecular weight excluding hydrogens is 346 g/mol. The van der Waals surface area contributed by atoms with Crippen molar-refractivity contribution in [3.63, 3.8) is 0 Å². The number of rotatable bonds is 8. The normalized spacial score (nSPS) is 12.0. The third-order valence-electron chi connectivity index (χ3n) is 4.00. The predicted molar refractivity (Wildman–Crippen MR) is 104 cm³/mol. The van der Waals surface area contributed by atoms with Gasteiger partial charge < -0.3 is 4.42 Å². The summed E-state index contributed by atoms with van der Waals surface area (Å²) >= 11 is 0. The van der Waals surface area contributed by atoms with Crippen molar-refractivity contribution in [1.29, 1.82) is 0 Å². The summed E-state index contributed by atoms with van der Waals surface area (Å²) in [6.45, 7) is 0.591. The predicted octanol–water partition coefficient (Wildman–Crippen LogP) is 4.33. The Morgan fingerprint density at radius 3 is 2.23 bits per heavy atom. The van der Waals surface area contributed by atoms with Crippen molar-refractivity contribution in [3.05, 3.63) is 101 Å². The van der Waals surface area contributed by atoms with Crippen LogP contribution in [0.3, 0.4) is 0 Å². The minimum absolute atomic E-state index is 0.210. The van der Waals surface area contributed by atoms with E-state index in [1.54, 1.807) is 24.5 Å². The summed E-state index contributed by atoms with van der Waals surface area (Å²) in [6, 6.07) is 22.8. The van der Waals surface area contributed by atoms with Crippen LogP contribution in [0.5, 0.6) is 0 Å². The smallest absolute Gasteiger partial charge is 0.236 e. The van der Waals surface area contributed by atoms with Gasteiger partial charge in [-0.25, -0.2) is 8.42 Å². The molecule has 0 amide bonds. The van der Waals surface area contributed by atoms with Crippen LogP contribution < -0.4 is 0 Å². The van der Waals surface area contributed by atoms with Crippen LogP contribution in [0.2, 0.25) is 0 Å².